The summed E-state index contributed by atoms with van der Waals surface area (Å²) in [5.41, 5.74) is 0.616. The van der Waals surface area contributed by atoms with Crippen LogP contribution >= 0.6 is 11.8 Å². The molecule has 1 aromatic rings. The second-order valence-corrected chi connectivity index (χ2v) is 6.39. The fraction of sp³-hybridized carbons (Fsp3) is 0.562. The molecule has 1 aliphatic carbocycles. The largest absolute Gasteiger partial charge is 0.293 e. The molecule has 2 nitrogen and oxygen atoms in total. The van der Waals surface area contributed by atoms with Crippen molar-refractivity contribution in [2.75, 3.05) is 11.5 Å². The maximum Gasteiger partial charge on any atom is 0.133 e. The molecule has 2 rings (SSSR count). The minimum Gasteiger partial charge on any atom is -0.293 e. The van der Waals surface area contributed by atoms with E-state index in [-0.39, 0.29) is 0 Å². The first-order valence-corrected chi connectivity index (χ1v) is 8.28. The van der Waals surface area contributed by atoms with Gasteiger partial charge in [0.15, 0.2) is 0 Å². The van der Waals surface area contributed by atoms with Gasteiger partial charge in [-0.25, -0.2) is 0 Å². The van der Waals surface area contributed by atoms with Gasteiger partial charge in [-0.3, -0.25) is 5.32 Å². The Morgan fingerprint density at radius 1 is 1.32 bits per heavy atom. The Labute approximate surface area is 120 Å². The van der Waals surface area contributed by atoms with Crippen molar-refractivity contribution in [3.05, 3.63) is 35.9 Å². The van der Waals surface area contributed by atoms with Gasteiger partial charge in [0.1, 0.15) is 5.54 Å². The van der Waals surface area contributed by atoms with E-state index >= 15 is 0 Å². The molecule has 0 aromatic heterocycles. The zero-order valence-corrected chi connectivity index (χ0v) is 12.4. The third-order valence-electron chi connectivity index (χ3n) is 3.46. The van der Waals surface area contributed by atoms with Crippen molar-refractivity contribution < 1.29 is 0 Å². The zero-order chi connectivity index (χ0) is 13.6. The van der Waals surface area contributed by atoms with Crippen LogP contribution in [-0.4, -0.2) is 17.5 Å². The van der Waals surface area contributed by atoms with Crippen molar-refractivity contribution in [3.8, 4) is 6.07 Å². The first-order chi connectivity index (χ1) is 9.30. The van der Waals surface area contributed by atoms with Crippen molar-refractivity contribution in [2.45, 2.75) is 44.2 Å². The smallest absolute Gasteiger partial charge is 0.133 e. The van der Waals surface area contributed by atoms with E-state index in [0.717, 1.165) is 17.7 Å². The van der Waals surface area contributed by atoms with Crippen molar-refractivity contribution in [2.24, 2.45) is 0 Å². The second kappa shape index (κ2) is 6.98. The van der Waals surface area contributed by atoms with Gasteiger partial charge in [0.25, 0.3) is 0 Å². The van der Waals surface area contributed by atoms with Gasteiger partial charge in [-0.2, -0.15) is 17.0 Å². The van der Waals surface area contributed by atoms with Crippen LogP contribution in [-0.2, 0) is 5.54 Å². The third kappa shape index (κ3) is 3.99. The lowest BCUT2D eigenvalue weighted by atomic mass is 9.88. The predicted octanol–water partition coefficient (Wildman–Crippen LogP) is 3.69. The Morgan fingerprint density at radius 3 is 2.63 bits per heavy atom. The Hall–Kier alpha value is -0.980. The minimum atomic E-state index is -0.497. The summed E-state index contributed by atoms with van der Waals surface area (Å²) < 4.78 is 0. The summed E-state index contributed by atoms with van der Waals surface area (Å²) >= 11 is 1.95. The van der Waals surface area contributed by atoms with Crippen molar-refractivity contribution in [1.82, 2.24) is 5.32 Å². The van der Waals surface area contributed by atoms with Gasteiger partial charge in [0.05, 0.1) is 6.07 Å². The normalized spacial score (nSPS) is 17.7. The Kier molecular flexibility index (Phi) is 5.30. The highest BCUT2D eigenvalue weighted by Crippen LogP contribution is 2.32. The topological polar surface area (TPSA) is 35.8 Å². The Morgan fingerprint density at radius 2 is 2.05 bits per heavy atom. The predicted molar refractivity (Wildman–Crippen MR) is 82.1 cm³/mol. The van der Waals surface area contributed by atoms with Crippen LogP contribution in [0.1, 0.15) is 38.2 Å². The molecule has 1 aliphatic rings. The summed E-state index contributed by atoms with van der Waals surface area (Å²) in [6.07, 6.45) is 4.50. The van der Waals surface area contributed by atoms with Gasteiger partial charge < -0.3 is 0 Å². The quantitative estimate of drug-likeness (QED) is 0.734. The monoisotopic (exact) mass is 274 g/mol. The molecule has 102 valence electrons. The van der Waals surface area contributed by atoms with Crippen LogP contribution in [0.5, 0.6) is 0 Å². The summed E-state index contributed by atoms with van der Waals surface area (Å²) in [5, 5.41) is 13.3. The van der Waals surface area contributed by atoms with Crippen LogP contribution in [0.3, 0.4) is 0 Å². The maximum atomic E-state index is 9.74. The summed E-state index contributed by atoms with van der Waals surface area (Å²) in [6, 6.07) is 13.3. The first-order valence-electron chi connectivity index (χ1n) is 7.13. The van der Waals surface area contributed by atoms with E-state index in [1.54, 1.807) is 0 Å². The lowest BCUT2D eigenvalue weighted by Crippen LogP contribution is -2.43. The number of rotatable bonds is 8. The number of hydrogen-bond acceptors (Lipinski definition) is 3. The van der Waals surface area contributed by atoms with Gasteiger partial charge in [-0.1, -0.05) is 37.3 Å². The van der Waals surface area contributed by atoms with Crippen LogP contribution in [0.25, 0.3) is 0 Å². The fourth-order valence-electron chi connectivity index (χ4n) is 2.22. The molecular formula is C16H22N2S. The van der Waals surface area contributed by atoms with E-state index in [4.69, 9.17) is 0 Å². The summed E-state index contributed by atoms with van der Waals surface area (Å²) in [7, 11) is 0. The highest BCUT2D eigenvalue weighted by molar-refractivity contribution is 7.99. The molecule has 0 heterocycles. The summed E-state index contributed by atoms with van der Waals surface area (Å²) in [5.74, 6) is 2.22. The average Bonchev–Trinajstić information content (AvgIpc) is 3.27. The van der Waals surface area contributed by atoms with Crippen LogP contribution in [0.15, 0.2) is 30.3 Å². The van der Waals surface area contributed by atoms with E-state index in [2.05, 4.69) is 30.4 Å². The average molecular weight is 274 g/mol. The standard InChI is InChI=1S/C16H22N2S/c1-2-11-19-12-10-16(13-17,18-15-8-9-15)14-6-4-3-5-7-14/h3-7,15,18H,2,8-12H2,1H3. The van der Waals surface area contributed by atoms with E-state index < -0.39 is 5.54 Å². The van der Waals surface area contributed by atoms with Gasteiger partial charge in [0, 0.05) is 6.04 Å². The second-order valence-electron chi connectivity index (χ2n) is 5.16. The first kappa shape index (κ1) is 14.4. The molecule has 3 heteroatoms. The van der Waals surface area contributed by atoms with Gasteiger partial charge in [-0.15, -0.1) is 0 Å². The molecule has 1 atom stereocenters. The number of thioether (sulfide) groups is 1. The minimum absolute atomic E-state index is 0.497. The SMILES string of the molecule is CCCSCCC(C#N)(NC1CC1)c1ccccc1. The van der Waals surface area contributed by atoms with E-state index in [9.17, 15) is 5.26 Å². The molecule has 1 unspecified atom stereocenters. The molecule has 1 N–H and O–H groups in total. The molecule has 19 heavy (non-hydrogen) atoms. The lowest BCUT2D eigenvalue weighted by molar-refractivity contribution is 0.412. The van der Waals surface area contributed by atoms with Crippen LogP contribution < -0.4 is 5.32 Å². The van der Waals surface area contributed by atoms with Crippen LogP contribution in [0.2, 0.25) is 0 Å². The van der Waals surface area contributed by atoms with Crippen LogP contribution in [0.4, 0.5) is 0 Å². The van der Waals surface area contributed by atoms with Crippen LogP contribution in [0, 0.1) is 11.3 Å². The molecule has 1 fully saturated rings. The number of hydrogen-bond donors (Lipinski definition) is 1. The molecule has 0 radical (unpaired) electrons. The zero-order valence-electron chi connectivity index (χ0n) is 11.6. The van der Waals surface area contributed by atoms with Crippen molar-refractivity contribution >= 4 is 11.8 Å². The molecule has 1 saturated carbocycles. The summed E-state index contributed by atoms with van der Waals surface area (Å²) in [4.78, 5) is 0. The number of benzene rings is 1. The number of nitriles is 1. The maximum absolute atomic E-state index is 9.74. The van der Waals surface area contributed by atoms with Gasteiger partial charge >= 0.3 is 0 Å². The molecule has 1 aromatic carbocycles. The fourth-order valence-corrected chi connectivity index (χ4v) is 3.17. The van der Waals surface area contributed by atoms with E-state index in [1.807, 2.05) is 30.0 Å². The third-order valence-corrected chi connectivity index (χ3v) is 4.64. The van der Waals surface area contributed by atoms with E-state index in [1.165, 1.54) is 25.0 Å². The lowest BCUT2D eigenvalue weighted by Gasteiger charge is -2.28. The van der Waals surface area contributed by atoms with Crippen molar-refractivity contribution in [3.63, 3.8) is 0 Å². The molecule has 0 bridgehead atoms. The molecule has 0 spiro atoms. The molecule has 0 aliphatic heterocycles. The highest BCUT2D eigenvalue weighted by atomic mass is 32.2. The van der Waals surface area contributed by atoms with Gasteiger partial charge in [0.2, 0.25) is 0 Å². The Balaban J connectivity index is 2.09. The Bertz CT molecular complexity index is 422. The highest BCUT2D eigenvalue weighted by Gasteiger charge is 2.37. The summed E-state index contributed by atoms with van der Waals surface area (Å²) in [6.45, 7) is 2.20. The molecule has 0 saturated heterocycles. The number of nitrogens with zero attached hydrogens (tertiary/aromatic N) is 1. The molecular weight excluding hydrogens is 252 g/mol. The molecule has 0 amide bonds. The van der Waals surface area contributed by atoms with Crippen molar-refractivity contribution in [1.29, 1.82) is 5.26 Å². The number of nitrogens with one attached hydrogen (secondary N) is 1. The van der Waals surface area contributed by atoms with Gasteiger partial charge in [-0.05, 0) is 42.8 Å². The van der Waals surface area contributed by atoms with E-state index in [0.29, 0.717) is 6.04 Å².